The zero-order valence-corrected chi connectivity index (χ0v) is 25.5. The van der Waals surface area contributed by atoms with E-state index in [4.69, 9.17) is 0 Å². The van der Waals surface area contributed by atoms with Gasteiger partial charge in [-0.05, 0) is 60.4 Å². The van der Waals surface area contributed by atoms with Gasteiger partial charge in [-0.25, -0.2) is 9.97 Å². The molecule has 0 saturated carbocycles. The molecule has 0 fully saturated rings. The van der Waals surface area contributed by atoms with E-state index in [-0.39, 0.29) is 39.3 Å². The highest BCUT2D eigenvalue weighted by atomic mass is 19.4. The highest BCUT2D eigenvalue weighted by Gasteiger charge is 2.73. The van der Waals surface area contributed by atoms with Crippen molar-refractivity contribution in [1.29, 1.82) is 0 Å². The first kappa shape index (κ1) is 34.8. The topological polar surface area (TPSA) is 57.4 Å². The lowest BCUT2D eigenvalue weighted by Gasteiger charge is -2.38. The van der Waals surface area contributed by atoms with Gasteiger partial charge in [0.2, 0.25) is 10.8 Å². The molecule has 2 heterocycles. The zero-order chi connectivity index (χ0) is 36.7. The average Bonchev–Trinajstić information content (AvgIpc) is 3.58. The standard InChI is InChI=1S/C34H22F12N4/c1-17-3-7-20(8-4-17)29(31(35,36)37,32(38,39)40)21-9-5-19(6-10-21)28-49-25-14-12-23(16-27(25)50-28)30(33(41,42)43,34(44,45)46)22-11-13-24-26(15-22)48-18(2)47-24/h3-16H,1-2H3,(H,47,48)(H,49,50). The molecule has 0 unspecified atom stereocenters. The fraction of sp³-hybridized carbons (Fsp3) is 0.235. The molecule has 0 spiro atoms. The Morgan fingerprint density at radius 1 is 0.440 bits per heavy atom. The molecular formula is C34H22F12N4. The summed E-state index contributed by atoms with van der Waals surface area (Å²) in [7, 11) is 0. The summed E-state index contributed by atoms with van der Waals surface area (Å²) >= 11 is 0. The third-order valence-electron chi connectivity index (χ3n) is 8.72. The zero-order valence-electron chi connectivity index (χ0n) is 25.5. The molecule has 0 aliphatic heterocycles. The minimum absolute atomic E-state index is 0.0614. The number of fused-ring (bicyclic) bond motifs is 2. The molecule has 0 radical (unpaired) electrons. The average molecular weight is 715 g/mol. The predicted octanol–water partition coefficient (Wildman–Crippen LogP) is 10.5. The minimum atomic E-state index is -5.92. The summed E-state index contributed by atoms with van der Waals surface area (Å²) in [5.74, 6) is 0.0292. The largest absolute Gasteiger partial charge is 0.411 e. The summed E-state index contributed by atoms with van der Waals surface area (Å²) < 4.78 is 176. The number of aryl methyl sites for hydroxylation is 2. The highest BCUT2D eigenvalue weighted by Crippen LogP contribution is 2.58. The van der Waals surface area contributed by atoms with Crippen LogP contribution in [0.4, 0.5) is 52.7 Å². The first-order valence-corrected chi connectivity index (χ1v) is 14.5. The highest BCUT2D eigenvalue weighted by molar-refractivity contribution is 5.81. The number of benzene rings is 4. The lowest BCUT2D eigenvalue weighted by atomic mass is 9.72. The van der Waals surface area contributed by atoms with E-state index < -0.39 is 57.8 Å². The molecule has 0 amide bonds. The van der Waals surface area contributed by atoms with E-state index in [0.29, 0.717) is 35.9 Å². The van der Waals surface area contributed by atoms with Crippen LogP contribution in [-0.2, 0) is 10.8 Å². The first-order valence-electron chi connectivity index (χ1n) is 14.5. The molecule has 6 aromatic rings. The van der Waals surface area contributed by atoms with E-state index in [2.05, 4.69) is 19.9 Å². The van der Waals surface area contributed by atoms with Crippen LogP contribution in [-0.4, -0.2) is 44.6 Å². The lowest BCUT2D eigenvalue weighted by Crippen LogP contribution is -2.54. The number of alkyl halides is 12. The van der Waals surface area contributed by atoms with Crippen LogP contribution in [0.25, 0.3) is 33.5 Å². The summed E-state index contributed by atoms with van der Waals surface area (Å²) in [6.07, 6.45) is -23.5. The monoisotopic (exact) mass is 714 g/mol. The van der Waals surface area contributed by atoms with Gasteiger partial charge in [0.05, 0.1) is 22.1 Å². The molecular weight excluding hydrogens is 692 g/mol. The third-order valence-corrected chi connectivity index (χ3v) is 8.72. The van der Waals surface area contributed by atoms with Gasteiger partial charge in [0.15, 0.2) is 0 Å². The van der Waals surface area contributed by atoms with E-state index in [1.807, 2.05) is 0 Å². The fourth-order valence-electron chi connectivity index (χ4n) is 6.40. The van der Waals surface area contributed by atoms with Crippen molar-refractivity contribution in [3.05, 3.63) is 119 Å². The van der Waals surface area contributed by atoms with Gasteiger partial charge in [0, 0.05) is 5.56 Å². The normalized spacial score (nSPS) is 13.8. The molecule has 0 aliphatic rings. The van der Waals surface area contributed by atoms with Crippen LogP contribution in [0.15, 0.2) is 84.9 Å². The van der Waals surface area contributed by atoms with E-state index in [1.165, 1.54) is 13.8 Å². The summed E-state index contributed by atoms with van der Waals surface area (Å²) in [6.45, 7) is 2.97. The third kappa shape index (κ3) is 5.18. The summed E-state index contributed by atoms with van der Waals surface area (Å²) in [5.41, 5.74) is -13.6. The van der Waals surface area contributed by atoms with Crippen LogP contribution in [0, 0.1) is 13.8 Å². The summed E-state index contributed by atoms with van der Waals surface area (Å²) in [4.78, 5) is 13.3. The number of nitrogens with one attached hydrogen (secondary N) is 2. The molecule has 16 heteroatoms. The van der Waals surface area contributed by atoms with Crippen molar-refractivity contribution in [2.75, 3.05) is 0 Å². The Morgan fingerprint density at radius 3 is 1.28 bits per heavy atom. The number of nitrogens with zero attached hydrogens (tertiary/aromatic N) is 2. The molecule has 0 aliphatic carbocycles. The van der Waals surface area contributed by atoms with Gasteiger partial charge in [0.25, 0.3) is 0 Å². The lowest BCUT2D eigenvalue weighted by molar-refractivity contribution is -0.290. The molecule has 262 valence electrons. The maximum Gasteiger partial charge on any atom is 0.411 e. The Balaban J connectivity index is 1.48. The Kier molecular flexibility index (Phi) is 7.84. The molecule has 0 bridgehead atoms. The van der Waals surface area contributed by atoms with Crippen molar-refractivity contribution < 1.29 is 52.7 Å². The van der Waals surface area contributed by atoms with Crippen LogP contribution in [0.3, 0.4) is 0 Å². The Hall–Kier alpha value is -5.02. The second-order valence-electron chi connectivity index (χ2n) is 11.8. The van der Waals surface area contributed by atoms with Crippen molar-refractivity contribution in [3.63, 3.8) is 0 Å². The van der Waals surface area contributed by atoms with Crippen molar-refractivity contribution in [2.45, 2.75) is 49.4 Å². The first-order chi connectivity index (χ1) is 23.1. The molecule has 2 aromatic heterocycles. The molecule has 4 nitrogen and oxygen atoms in total. The van der Waals surface area contributed by atoms with Crippen LogP contribution in [0.5, 0.6) is 0 Å². The van der Waals surface area contributed by atoms with Crippen molar-refractivity contribution in [2.24, 2.45) is 0 Å². The molecule has 0 saturated heterocycles. The van der Waals surface area contributed by atoms with Gasteiger partial charge in [0.1, 0.15) is 11.6 Å². The summed E-state index contributed by atoms with van der Waals surface area (Å²) in [6, 6.07) is 11.2. The molecule has 4 aromatic carbocycles. The molecule has 0 atom stereocenters. The van der Waals surface area contributed by atoms with Crippen LogP contribution in [0.1, 0.15) is 33.6 Å². The number of imidazole rings is 2. The molecule has 2 N–H and O–H groups in total. The number of rotatable bonds is 5. The molecule has 6 rings (SSSR count). The van der Waals surface area contributed by atoms with Gasteiger partial charge in [-0.1, -0.05) is 66.2 Å². The van der Waals surface area contributed by atoms with Crippen LogP contribution in [0.2, 0.25) is 0 Å². The predicted molar refractivity (Wildman–Crippen MR) is 159 cm³/mol. The van der Waals surface area contributed by atoms with E-state index >= 15 is 0 Å². The van der Waals surface area contributed by atoms with Gasteiger partial charge < -0.3 is 9.97 Å². The second kappa shape index (κ2) is 11.3. The smallest absolute Gasteiger partial charge is 0.342 e. The second-order valence-corrected chi connectivity index (χ2v) is 11.8. The molecule has 50 heavy (non-hydrogen) atoms. The number of halogens is 12. The van der Waals surface area contributed by atoms with Crippen LogP contribution >= 0.6 is 0 Å². The van der Waals surface area contributed by atoms with E-state index in [1.54, 1.807) is 0 Å². The Labute approximate surface area is 274 Å². The number of H-pyrrole nitrogens is 2. The van der Waals surface area contributed by atoms with Crippen LogP contribution < -0.4 is 0 Å². The summed E-state index contributed by atoms with van der Waals surface area (Å²) in [5, 5.41) is 0. The van der Waals surface area contributed by atoms with E-state index in [0.717, 1.165) is 54.6 Å². The number of hydrogen-bond acceptors (Lipinski definition) is 2. The minimum Gasteiger partial charge on any atom is -0.342 e. The maximum absolute atomic E-state index is 14.8. The van der Waals surface area contributed by atoms with Gasteiger partial charge in [-0.3, -0.25) is 0 Å². The number of aromatic amines is 2. The van der Waals surface area contributed by atoms with Gasteiger partial charge in [-0.2, -0.15) is 52.7 Å². The number of aromatic nitrogens is 4. The maximum atomic E-state index is 14.8. The van der Waals surface area contributed by atoms with Gasteiger partial charge >= 0.3 is 24.7 Å². The van der Waals surface area contributed by atoms with Crippen molar-refractivity contribution in [3.8, 4) is 11.4 Å². The Bertz CT molecular complexity index is 2160. The quantitative estimate of drug-likeness (QED) is 0.175. The van der Waals surface area contributed by atoms with E-state index in [9.17, 15) is 52.7 Å². The number of hydrogen-bond donors (Lipinski definition) is 2. The fourth-order valence-corrected chi connectivity index (χ4v) is 6.40. The SMILES string of the molecule is Cc1ccc(C(c2ccc(-c3nc4ccc(C(c5ccc6nc(C)[nH]c6c5)(C(F)(F)F)C(F)(F)F)cc4[nH]3)cc2)(C(F)(F)F)C(F)(F)F)cc1. The Morgan fingerprint density at radius 2 is 0.820 bits per heavy atom. The van der Waals surface area contributed by atoms with Gasteiger partial charge in [-0.15, -0.1) is 0 Å². The van der Waals surface area contributed by atoms with Crippen molar-refractivity contribution >= 4 is 22.1 Å². The van der Waals surface area contributed by atoms with Crippen molar-refractivity contribution in [1.82, 2.24) is 19.9 Å².